The fraction of sp³-hybridized carbons (Fsp3) is 0.500. The van der Waals surface area contributed by atoms with E-state index in [2.05, 4.69) is 4.98 Å². The maximum atomic E-state index is 12.3. The Bertz CT molecular complexity index is 862. The van der Waals surface area contributed by atoms with Crippen LogP contribution in [0.25, 0.3) is 11.2 Å². The Morgan fingerprint density at radius 2 is 1.90 bits per heavy atom. The molecular formula is C12H14ClN5O3. The summed E-state index contributed by atoms with van der Waals surface area (Å²) in [4.78, 5) is 42.1. The highest BCUT2D eigenvalue weighted by molar-refractivity contribution is 6.17. The molecule has 2 aromatic heterocycles. The zero-order valence-electron chi connectivity index (χ0n) is 11.7. The number of aryl methyl sites for hydroxylation is 1. The number of halogens is 1. The number of imidazole rings is 1. The van der Waals surface area contributed by atoms with Gasteiger partial charge in [0.2, 0.25) is 11.9 Å². The molecule has 0 aliphatic carbocycles. The highest BCUT2D eigenvalue weighted by atomic mass is 35.5. The molecule has 21 heavy (non-hydrogen) atoms. The molecule has 1 aliphatic heterocycles. The van der Waals surface area contributed by atoms with Crippen LogP contribution >= 0.6 is 11.6 Å². The van der Waals surface area contributed by atoms with Gasteiger partial charge in [0.25, 0.3) is 5.56 Å². The topological polar surface area (TPSA) is 82.1 Å². The predicted octanol–water partition coefficient (Wildman–Crippen LogP) is -0.591. The zero-order valence-corrected chi connectivity index (χ0v) is 12.4. The van der Waals surface area contributed by atoms with E-state index in [4.69, 9.17) is 11.6 Å². The van der Waals surface area contributed by atoms with Crippen molar-refractivity contribution in [1.82, 2.24) is 18.7 Å². The number of hydrogen-bond donors (Lipinski definition) is 0. The molecule has 1 amide bonds. The van der Waals surface area contributed by atoms with Crippen LogP contribution in [0.4, 0.5) is 5.95 Å². The molecule has 8 nitrogen and oxygen atoms in total. The fourth-order valence-corrected chi connectivity index (χ4v) is 2.69. The number of amides is 1. The van der Waals surface area contributed by atoms with Crippen molar-refractivity contribution >= 4 is 34.6 Å². The molecule has 0 radical (unpaired) electrons. The van der Waals surface area contributed by atoms with Crippen LogP contribution < -0.4 is 16.1 Å². The second-order valence-corrected chi connectivity index (χ2v) is 5.34. The molecule has 0 N–H and O–H groups in total. The van der Waals surface area contributed by atoms with E-state index in [9.17, 15) is 14.4 Å². The number of carbonyl (C=O) groups excluding carboxylic acids is 1. The van der Waals surface area contributed by atoms with Gasteiger partial charge in [-0.25, -0.2) is 4.79 Å². The Labute approximate surface area is 124 Å². The molecule has 0 atom stereocenters. The molecule has 3 heterocycles. The minimum absolute atomic E-state index is 0.0571. The lowest BCUT2D eigenvalue weighted by Crippen LogP contribution is -2.37. The molecule has 0 bridgehead atoms. The lowest BCUT2D eigenvalue weighted by molar-refractivity contribution is -0.118. The van der Waals surface area contributed by atoms with Crippen LogP contribution in [0.5, 0.6) is 0 Å². The number of fused-ring (bicyclic) bond motifs is 3. The van der Waals surface area contributed by atoms with E-state index in [-0.39, 0.29) is 18.0 Å². The average Bonchev–Trinajstić information content (AvgIpc) is 2.96. The maximum absolute atomic E-state index is 12.3. The van der Waals surface area contributed by atoms with E-state index in [1.807, 2.05) is 0 Å². The number of hydrogen-bond acceptors (Lipinski definition) is 4. The molecule has 112 valence electrons. The van der Waals surface area contributed by atoms with Gasteiger partial charge < -0.3 is 0 Å². The monoisotopic (exact) mass is 311 g/mol. The van der Waals surface area contributed by atoms with Crippen molar-refractivity contribution in [2.45, 2.75) is 13.0 Å². The third-order valence-electron chi connectivity index (χ3n) is 3.68. The number of aromatic nitrogens is 4. The van der Waals surface area contributed by atoms with Gasteiger partial charge >= 0.3 is 5.69 Å². The normalized spacial score (nSPS) is 14.2. The van der Waals surface area contributed by atoms with E-state index in [0.717, 1.165) is 4.57 Å². The van der Waals surface area contributed by atoms with Crippen LogP contribution in [0.3, 0.4) is 0 Å². The minimum Gasteiger partial charge on any atom is -0.294 e. The number of anilines is 1. The van der Waals surface area contributed by atoms with Gasteiger partial charge in [0, 0.05) is 26.5 Å². The van der Waals surface area contributed by atoms with E-state index < -0.39 is 11.2 Å². The quantitative estimate of drug-likeness (QED) is 0.709. The number of nitrogens with zero attached hydrogens (tertiary/aromatic N) is 5. The number of alkyl halides is 1. The van der Waals surface area contributed by atoms with Gasteiger partial charge in [-0.1, -0.05) is 0 Å². The van der Waals surface area contributed by atoms with Gasteiger partial charge in [-0.2, -0.15) is 4.98 Å². The van der Waals surface area contributed by atoms with Crippen molar-refractivity contribution in [3.63, 3.8) is 0 Å². The lowest BCUT2D eigenvalue weighted by Gasteiger charge is -2.12. The van der Waals surface area contributed by atoms with E-state index in [0.29, 0.717) is 30.4 Å². The van der Waals surface area contributed by atoms with Gasteiger partial charge in [0.15, 0.2) is 11.2 Å². The molecular weight excluding hydrogens is 298 g/mol. The standard InChI is InChI=1S/C12H14ClN5O3/c1-15-9-8(10(20)16(2)12(15)21)18-6-7(19)17(5-3-4-13)11(18)14-9/h3-6H2,1-2H3. The molecule has 0 saturated carbocycles. The van der Waals surface area contributed by atoms with Crippen molar-refractivity contribution in [3.05, 3.63) is 20.8 Å². The first-order chi connectivity index (χ1) is 9.97. The number of carbonyl (C=O) groups is 1. The van der Waals surface area contributed by atoms with Gasteiger partial charge in [-0.05, 0) is 6.42 Å². The van der Waals surface area contributed by atoms with Crippen molar-refractivity contribution in [3.8, 4) is 0 Å². The summed E-state index contributed by atoms with van der Waals surface area (Å²) in [5, 5.41) is 0. The molecule has 0 fully saturated rings. The Morgan fingerprint density at radius 1 is 1.19 bits per heavy atom. The third kappa shape index (κ3) is 1.82. The largest absolute Gasteiger partial charge is 0.332 e. The summed E-state index contributed by atoms with van der Waals surface area (Å²) < 4.78 is 3.89. The Kier molecular flexibility index (Phi) is 3.12. The van der Waals surface area contributed by atoms with Crippen LogP contribution in [0.2, 0.25) is 0 Å². The fourth-order valence-electron chi connectivity index (χ4n) is 2.57. The molecule has 1 aliphatic rings. The second kappa shape index (κ2) is 4.73. The van der Waals surface area contributed by atoms with Crippen LogP contribution in [-0.4, -0.2) is 37.0 Å². The minimum atomic E-state index is -0.446. The zero-order chi connectivity index (χ0) is 15.3. The molecule has 9 heteroatoms. The predicted molar refractivity (Wildman–Crippen MR) is 77.9 cm³/mol. The van der Waals surface area contributed by atoms with Crippen LogP contribution in [0.1, 0.15) is 6.42 Å². The van der Waals surface area contributed by atoms with E-state index >= 15 is 0 Å². The van der Waals surface area contributed by atoms with Crippen molar-refractivity contribution in [2.75, 3.05) is 17.3 Å². The van der Waals surface area contributed by atoms with Crippen molar-refractivity contribution in [2.24, 2.45) is 14.1 Å². The summed E-state index contributed by atoms with van der Waals surface area (Å²) >= 11 is 5.66. The highest BCUT2D eigenvalue weighted by Gasteiger charge is 2.32. The summed E-state index contributed by atoms with van der Waals surface area (Å²) in [6.07, 6.45) is 0.632. The highest BCUT2D eigenvalue weighted by Crippen LogP contribution is 2.25. The van der Waals surface area contributed by atoms with Crippen molar-refractivity contribution < 1.29 is 4.79 Å². The summed E-state index contributed by atoms with van der Waals surface area (Å²) in [5.74, 6) is 0.711. The summed E-state index contributed by atoms with van der Waals surface area (Å²) in [5.41, 5.74) is -0.320. The Balaban J connectivity index is 2.29. The molecule has 0 saturated heterocycles. The third-order valence-corrected chi connectivity index (χ3v) is 3.95. The summed E-state index contributed by atoms with van der Waals surface area (Å²) in [7, 11) is 2.96. The molecule has 2 aromatic rings. The Morgan fingerprint density at radius 3 is 2.57 bits per heavy atom. The smallest absolute Gasteiger partial charge is 0.294 e. The van der Waals surface area contributed by atoms with E-state index in [1.165, 1.54) is 16.5 Å². The lowest BCUT2D eigenvalue weighted by atomic mass is 10.4. The van der Waals surface area contributed by atoms with E-state index in [1.54, 1.807) is 11.6 Å². The summed E-state index contributed by atoms with van der Waals surface area (Å²) in [6, 6.07) is 0. The molecule has 0 aromatic carbocycles. The van der Waals surface area contributed by atoms with Crippen LogP contribution in [-0.2, 0) is 25.4 Å². The van der Waals surface area contributed by atoms with Gasteiger partial charge in [0.1, 0.15) is 6.54 Å². The first-order valence-corrected chi connectivity index (χ1v) is 7.03. The van der Waals surface area contributed by atoms with Crippen LogP contribution in [0.15, 0.2) is 9.59 Å². The Hall–Kier alpha value is -2.09. The van der Waals surface area contributed by atoms with Gasteiger partial charge in [0.05, 0.1) is 0 Å². The van der Waals surface area contributed by atoms with Crippen LogP contribution in [0, 0.1) is 0 Å². The molecule has 0 unspecified atom stereocenters. The first kappa shape index (κ1) is 13.9. The van der Waals surface area contributed by atoms with Gasteiger partial charge in [-0.3, -0.25) is 28.2 Å². The summed E-state index contributed by atoms with van der Waals surface area (Å²) in [6.45, 7) is 0.501. The average molecular weight is 312 g/mol. The maximum Gasteiger partial charge on any atom is 0.332 e. The molecule has 0 spiro atoms. The van der Waals surface area contributed by atoms with Gasteiger partial charge in [-0.15, -0.1) is 11.6 Å². The number of rotatable bonds is 3. The first-order valence-electron chi connectivity index (χ1n) is 6.50. The SMILES string of the molecule is Cn1c(=O)c2c(nc3n2CC(=O)N3CCCCl)n(C)c1=O. The van der Waals surface area contributed by atoms with Crippen molar-refractivity contribution in [1.29, 1.82) is 0 Å². The molecule has 3 rings (SSSR count). The second-order valence-electron chi connectivity index (χ2n) is 4.96.